The van der Waals surface area contributed by atoms with E-state index in [-0.39, 0.29) is 0 Å². The number of azide groups is 1. The third-order valence-electron chi connectivity index (χ3n) is 3.73. The molecule has 0 heterocycles. The lowest BCUT2D eigenvalue weighted by molar-refractivity contribution is -0.143. The van der Waals surface area contributed by atoms with Crippen LogP contribution in [0.25, 0.3) is 10.4 Å². The molecule has 136 valence electrons. The van der Waals surface area contributed by atoms with Crippen molar-refractivity contribution in [3.8, 4) is 11.8 Å². The molecule has 0 saturated heterocycles. The van der Waals surface area contributed by atoms with Gasteiger partial charge in [0.15, 0.2) is 0 Å². The lowest BCUT2D eigenvalue weighted by atomic mass is 10.1. The Morgan fingerprint density at radius 1 is 1.07 bits per heavy atom. The highest BCUT2D eigenvalue weighted by molar-refractivity contribution is 5.97. The van der Waals surface area contributed by atoms with Gasteiger partial charge in [-0.3, -0.25) is 4.79 Å². The van der Waals surface area contributed by atoms with E-state index in [0.717, 1.165) is 11.1 Å². The van der Waals surface area contributed by atoms with Gasteiger partial charge in [0.2, 0.25) is 0 Å². The Kier molecular flexibility index (Phi) is 7.00. The molecule has 0 bridgehead atoms. The van der Waals surface area contributed by atoms with E-state index in [0.29, 0.717) is 5.56 Å². The van der Waals surface area contributed by atoms with E-state index >= 15 is 0 Å². The number of rotatable bonds is 5. The molecule has 2 aromatic rings. The molecular formula is C20H18N4O3. The van der Waals surface area contributed by atoms with Crippen molar-refractivity contribution in [3.63, 3.8) is 0 Å². The standard InChI is InChI=1S/C20H18N4O3/c1-14(23-24-21)18(20(26)27-2)22-19(25)17-12-10-16(11-13-17)9-8-15-6-4-3-5-7-15/h3-7,10-14,18H,1-2H3,(H,22,25). The fourth-order valence-electron chi connectivity index (χ4n) is 2.25. The fourth-order valence-corrected chi connectivity index (χ4v) is 2.25. The molecule has 2 rings (SSSR count). The van der Waals surface area contributed by atoms with Gasteiger partial charge in [-0.05, 0) is 41.9 Å². The third kappa shape index (κ3) is 5.63. The van der Waals surface area contributed by atoms with Gasteiger partial charge in [0.1, 0.15) is 6.04 Å². The minimum atomic E-state index is -1.07. The van der Waals surface area contributed by atoms with Crippen molar-refractivity contribution in [2.75, 3.05) is 7.11 Å². The molecule has 7 heteroatoms. The van der Waals surface area contributed by atoms with E-state index in [1.54, 1.807) is 24.3 Å². The lowest BCUT2D eigenvalue weighted by Crippen LogP contribution is -2.47. The van der Waals surface area contributed by atoms with Crippen LogP contribution in [0.1, 0.15) is 28.4 Å². The first-order valence-electron chi connectivity index (χ1n) is 8.15. The average molecular weight is 362 g/mol. The number of carbonyl (C=O) groups excluding carboxylic acids is 2. The number of hydrogen-bond donors (Lipinski definition) is 1. The number of amides is 1. The Balaban J connectivity index is 2.11. The van der Waals surface area contributed by atoms with Crippen molar-refractivity contribution in [2.45, 2.75) is 19.0 Å². The summed E-state index contributed by atoms with van der Waals surface area (Å²) in [6.07, 6.45) is 0. The van der Waals surface area contributed by atoms with E-state index in [4.69, 9.17) is 5.53 Å². The van der Waals surface area contributed by atoms with Gasteiger partial charge >= 0.3 is 5.97 Å². The van der Waals surface area contributed by atoms with Crippen molar-refractivity contribution >= 4 is 11.9 Å². The maximum Gasteiger partial charge on any atom is 0.328 e. The zero-order valence-corrected chi connectivity index (χ0v) is 14.9. The quantitative estimate of drug-likeness (QED) is 0.290. The van der Waals surface area contributed by atoms with Crippen LogP contribution < -0.4 is 5.32 Å². The number of hydrogen-bond acceptors (Lipinski definition) is 4. The second kappa shape index (κ2) is 9.66. The van der Waals surface area contributed by atoms with Crippen LogP contribution in [0.3, 0.4) is 0 Å². The Morgan fingerprint density at radius 3 is 2.22 bits per heavy atom. The van der Waals surface area contributed by atoms with Crippen LogP contribution in [0.2, 0.25) is 0 Å². The topological polar surface area (TPSA) is 104 Å². The molecule has 0 radical (unpaired) electrons. The Hall–Kier alpha value is -3.75. The van der Waals surface area contributed by atoms with E-state index < -0.39 is 24.0 Å². The van der Waals surface area contributed by atoms with Gasteiger partial charge in [0, 0.05) is 21.6 Å². The van der Waals surface area contributed by atoms with E-state index in [1.165, 1.54) is 14.0 Å². The Labute approximate surface area is 157 Å². The first-order chi connectivity index (χ1) is 13.0. The smallest absolute Gasteiger partial charge is 0.328 e. The average Bonchev–Trinajstić information content (AvgIpc) is 2.71. The Bertz CT molecular complexity index is 908. The highest BCUT2D eigenvalue weighted by Gasteiger charge is 2.27. The van der Waals surface area contributed by atoms with E-state index in [1.807, 2.05) is 30.3 Å². The number of nitrogens with one attached hydrogen (secondary N) is 1. The number of nitrogens with zero attached hydrogens (tertiary/aromatic N) is 3. The zero-order valence-electron chi connectivity index (χ0n) is 14.9. The Morgan fingerprint density at radius 2 is 1.67 bits per heavy atom. The van der Waals surface area contributed by atoms with Gasteiger partial charge in [-0.2, -0.15) is 0 Å². The van der Waals surface area contributed by atoms with E-state index in [2.05, 4.69) is 31.9 Å². The summed E-state index contributed by atoms with van der Waals surface area (Å²) in [5.74, 6) is 4.89. The molecule has 2 aromatic carbocycles. The molecule has 0 fully saturated rings. The summed E-state index contributed by atoms with van der Waals surface area (Å²) in [7, 11) is 1.20. The molecule has 0 aliphatic heterocycles. The summed E-state index contributed by atoms with van der Waals surface area (Å²) in [4.78, 5) is 26.9. The summed E-state index contributed by atoms with van der Waals surface area (Å²) < 4.78 is 4.65. The van der Waals surface area contributed by atoms with Gasteiger partial charge < -0.3 is 10.1 Å². The van der Waals surface area contributed by atoms with Crippen LogP contribution in [-0.2, 0) is 9.53 Å². The molecule has 0 aromatic heterocycles. The number of methoxy groups -OCH3 is 1. The summed E-state index contributed by atoms with van der Waals surface area (Å²) >= 11 is 0. The molecule has 1 amide bonds. The van der Waals surface area contributed by atoms with Crippen LogP contribution >= 0.6 is 0 Å². The highest BCUT2D eigenvalue weighted by atomic mass is 16.5. The highest BCUT2D eigenvalue weighted by Crippen LogP contribution is 2.07. The van der Waals surface area contributed by atoms with Gasteiger partial charge in [0.25, 0.3) is 5.91 Å². The minimum Gasteiger partial charge on any atom is -0.467 e. The summed E-state index contributed by atoms with van der Waals surface area (Å²) in [5, 5.41) is 5.99. The predicted molar refractivity (Wildman–Crippen MR) is 101 cm³/mol. The summed E-state index contributed by atoms with van der Waals surface area (Å²) in [6, 6.07) is 14.3. The van der Waals surface area contributed by atoms with Gasteiger partial charge in [0.05, 0.1) is 13.2 Å². The molecular weight excluding hydrogens is 344 g/mol. The number of ether oxygens (including phenoxy) is 1. The van der Waals surface area contributed by atoms with Crippen LogP contribution in [0.4, 0.5) is 0 Å². The molecule has 0 aliphatic carbocycles. The minimum absolute atomic E-state index is 0.349. The van der Waals surface area contributed by atoms with Crippen molar-refractivity contribution in [1.82, 2.24) is 5.32 Å². The van der Waals surface area contributed by atoms with Crippen molar-refractivity contribution in [1.29, 1.82) is 0 Å². The number of benzene rings is 2. The number of esters is 1. The van der Waals surface area contributed by atoms with Crippen LogP contribution in [0.15, 0.2) is 59.7 Å². The van der Waals surface area contributed by atoms with Crippen LogP contribution in [0.5, 0.6) is 0 Å². The summed E-state index contributed by atoms with van der Waals surface area (Å²) in [5.41, 5.74) is 10.5. The maximum atomic E-state index is 12.4. The van der Waals surface area contributed by atoms with E-state index in [9.17, 15) is 9.59 Å². The molecule has 2 unspecified atom stereocenters. The summed E-state index contributed by atoms with van der Waals surface area (Å²) in [6.45, 7) is 1.52. The molecule has 0 saturated carbocycles. The molecule has 0 aliphatic rings. The monoisotopic (exact) mass is 362 g/mol. The molecule has 1 N–H and O–H groups in total. The first-order valence-corrected chi connectivity index (χ1v) is 8.15. The molecule has 2 atom stereocenters. The normalized spacial score (nSPS) is 11.8. The second-order valence-corrected chi connectivity index (χ2v) is 5.61. The predicted octanol–water partition coefficient (Wildman–Crippen LogP) is 3.06. The van der Waals surface area contributed by atoms with Crippen LogP contribution in [-0.4, -0.2) is 31.1 Å². The van der Waals surface area contributed by atoms with Gasteiger partial charge in [-0.1, -0.05) is 42.1 Å². The zero-order chi connectivity index (χ0) is 19.6. The second-order valence-electron chi connectivity index (χ2n) is 5.61. The number of carbonyl (C=O) groups is 2. The molecule has 0 spiro atoms. The SMILES string of the molecule is COC(=O)C(NC(=O)c1ccc(C#Cc2ccccc2)cc1)C(C)N=[N+]=[N-]. The molecule has 27 heavy (non-hydrogen) atoms. The van der Waals surface area contributed by atoms with Gasteiger partial charge in [-0.25, -0.2) is 4.79 Å². The van der Waals surface area contributed by atoms with Crippen LogP contribution in [0, 0.1) is 11.8 Å². The largest absolute Gasteiger partial charge is 0.467 e. The fraction of sp³-hybridized carbons (Fsp3) is 0.200. The van der Waals surface area contributed by atoms with Crippen molar-refractivity contribution in [3.05, 3.63) is 81.7 Å². The lowest BCUT2D eigenvalue weighted by Gasteiger charge is -2.19. The van der Waals surface area contributed by atoms with Gasteiger partial charge in [-0.15, -0.1) is 0 Å². The van der Waals surface area contributed by atoms with Crippen molar-refractivity contribution < 1.29 is 14.3 Å². The molecule has 7 nitrogen and oxygen atoms in total. The van der Waals surface area contributed by atoms with Crippen molar-refractivity contribution in [2.24, 2.45) is 5.11 Å². The first kappa shape index (κ1) is 19.6. The maximum absolute atomic E-state index is 12.4. The third-order valence-corrected chi connectivity index (χ3v) is 3.73.